The molecule has 4 N–H and O–H groups in total. The highest BCUT2D eigenvalue weighted by Gasteiger charge is 2.23. The molecule has 0 radical (unpaired) electrons. The van der Waals surface area contributed by atoms with Crippen LogP contribution in [-0.2, 0) is 25.7 Å². The Kier molecular flexibility index (Phi) is 4.43. The number of hydrogen-bond acceptors (Lipinski definition) is 4. The van der Waals surface area contributed by atoms with Crippen LogP contribution < -0.4 is 16.4 Å². The van der Waals surface area contributed by atoms with Gasteiger partial charge in [-0.05, 0) is 72.6 Å². The third-order valence-corrected chi connectivity index (χ3v) is 5.84. The third kappa shape index (κ3) is 3.68. The molecule has 0 atom stereocenters. The molecule has 29 heavy (non-hydrogen) atoms. The first-order chi connectivity index (χ1) is 14.1. The van der Waals surface area contributed by atoms with Crippen molar-refractivity contribution in [3.63, 3.8) is 0 Å². The van der Waals surface area contributed by atoms with Gasteiger partial charge in [-0.1, -0.05) is 30.3 Å². The average molecular weight is 384 g/mol. The Balaban J connectivity index is 1.31. The number of nitrogens with one attached hydrogen (secondary N) is 2. The highest BCUT2D eigenvalue weighted by Crippen LogP contribution is 2.27. The number of nitrogen functional groups attached to an aromatic ring is 1. The van der Waals surface area contributed by atoms with Gasteiger partial charge in [-0.2, -0.15) is 0 Å². The van der Waals surface area contributed by atoms with Gasteiger partial charge >= 0.3 is 0 Å². The van der Waals surface area contributed by atoms with Crippen LogP contribution in [0, 0.1) is 0 Å². The van der Waals surface area contributed by atoms with Crippen molar-refractivity contribution < 1.29 is 4.79 Å². The summed E-state index contributed by atoms with van der Waals surface area (Å²) in [6.07, 6.45) is 5.19. The summed E-state index contributed by atoms with van der Waals surface area (Å²) in [6.45, 7) is 0. The lowest BCUT2D eigenvalue weighted by molar-refractivity contribution is 0.0933. The van der Waals surface area contributed by atoms with Crippen LogP contribution in [0.1, 0.15) is 39.2 Å². The van der Waals surface area contributed by atoms with Gasteiger partial charge in [0.25, 0.3) is 5.91 Å². The van der Waals surface area contributed by atoms with Gasteiger partial charge in [-0.3, -0.25) is 4.79 Å². The van der Waals surface area contributed by atoms with Crippen molar-refractivity contribution in [1.82, 2.24) is 10.3 Å². The summed E-state index contributed by atoms with van der Waals surface area (Å²) in [5.74, 6) is 0.398. The van der Waals surface area contributed by atoms with Crippen LogP contribution in [0.5, 0.6) is 0 Å². The second-order valence-corrected chi connectivity index (χ2v) is 7.98. The molecule has 0 spiro atoms. The second-order valence-electron chi connectivity index (χ2n) is 7.98. The summed E-state index contributed by atoms with van der Waals surface area (Å²) in [7, 11) is 0. The summed E-state index contributed by atoms with van der Waals surface area (Å²) < 4.78 is 0. The Labute approximate surface area is 170 Å². The van der Waals surface area contributed by atoms with Gasteiger partial charge in [-0.25, -0.2) is 4.98 Å². The molecule has 2 aliphatic rings. The van der Waals surface area contributed by atoms with Crippen LogP contribution in [0.2, 0.25) is 0 Å². The fourth-order valence-electron chi connectivity index (χ4n) is 4.45. The summed E-state index contributed by atoms with van der Waals surface area (Å²) >= 11 is 0. The first-order valence-corrected chi connectivity index (χ1v) is 10.2. The van der Waals surface area contributed by atoms with Gasteiger partial charge in [0.15, 0.2) is 0 Å². The van der Waals surface area contributed by atoms with E-state index >= 15 is 0 Å². The molecular formula is C24H24N4O. The van der Waals surface area contributed by atoms with Gasteiger partial charge in [0, 0.05) is 23.5 Å². The van der Waals surface area contributed by atoms with E-state index in [9.17, 15) is 4.79 Å². The van der Waals surface area contributed by atoms with E-state index in [0.717, 1.165) is 31.4 Å². The molecular weight excluding hydrogens is 360 g/mol. The standard InChI is InChI=1S/C24H24N4O/c25-19-13-22(24(29)27-21-11-17-4-1-2-5-18(17)12-21)28-23(14-19)26-20-9-8-15-6-3-7-16(15)10-20/h1-2,4-5,8-10,13-14,21H,3,6-7,11-12H2,(H,27,29)(H3,25,26,28). The smallest absolute Gasteiger partial charge is 0.270 e. The number of aryl methyl sites for hydroxylation is 2. The highest BCUT2D eigenvalue weighted by atomic mass is 16.1. The first-order valence-electron chi connectivity index (χ1n) is 10.2. The number of nitrogens with two attached hydrogens (primary N) is 1. The summed E-state index contributed by atoms with van der Waals surface area (Å²) in [5, 5.41) is 6.42. The van der Waals surface area contributed by atoms with E-state index in [1.165, 1.54) is 28.7 Å². The maximum Gasteiger partial charge on any atom is 0.270 e. The molecule has 2 aliphatic carbocycles. The van der Waals surface area contributed by atoms with Crippen LogP contribution in [0.25, 0.3) is 0 Å². The topological polar surface area (TPSA) is 80.0 Å². The van der Waals surface area contributed by atoms with Crippen LogP contribution in [0.15, 0.2) is 54.6 Å². The SMILES string of the molecule is Nc1cc(Nc2ccc3c(c2)CCC3)nc(C(=O)NC2Cc3ccccc3C2)c1. The Bertz CT molecular complexity index is 1070. The summed E-state index contributed by atoms with van der Waals surface area (Å²) in [6, 6.07) is 18.2. The Hall–Kier alpha value is -3.34. The minimum atomic E-state index is -0.188. The number of nitrogens with zero attached hydrogens (tertiary/aromatic N) is 1. The van der Waals surface area contributed by atoms with E-state index in [1.807, 2.05) is 12.1 Å². The van der Waals surface area contributed by atoms with Crippen molar-refractivity contribution in [2.45, 2.75) is 38.1 Å². The number of fused-ring (bicyclic) bond motifs is 2. The van der Waals surface area contributed by atoms with Gasteiger partial charge in [0.05, 0.1) is 0 Å². The van der Waals surface area contributed by atoms with Crippen LogP contribution in [-0.4, -0.2) is 16.9 Å². The van der Waals surface area contributed by atoms with Crippen molar-refractivity contribution in [1.29, 1.82) is 0 Å². The van der Waals surface area contributed by atoms with E-state index in [1.54, 1.807) is 12.1 Å². The fraction of sp³-hybridized carbons (Fsp3) is 0.250. The molecule has 0 saturated carbocycles. The van der Waals surface area contributed by atoms with Crippen molar-refractivity contribution in [3.05, 3.63) is 82.5 Å². The number of amides is 1. The molecule has 0 bridgehead atoms. The molecule has 0 fully saturated rings. The molecule has 0 aliphatic heterocycles. The van der Waals surface area contributed by atoms with E-state index < -0.39 is 0 Å². The lowest BCUT2D eigenvalue weighted by Gasteiger charge is -2.14. The number of rotatable bonds is 4. The van der Waals surface area contributed by atoms with Crippen LogP contribution in [0.4, 0.5) is 17.2 Å². The molecule has 2 aromatic carbocycles. The zero-order valence-corrected chi connectivity index (χ0v) is 16.2. The number of pyridine rings is 1. The number of aromatic nitrogens is 1. The van der Waals surface area contributed by atoms with E-state index in [2.05, 4.69) is 45.9 Å². The largest absolute Gasteiger partial charge is 0.399 e. The third-order valence-electron chi connectivity index (χ3n) is 5.84. The zero-order valence-electron chi connectivity index (χ0n) is 16.2. The highest BCUT2D eigenvalue weighted by molar-refractivity contribution is 5.94. The minimum absolute atomic E-state index is 0.0938. The molecule has 5 heteroatoms. The molecule has 0 saturated heterocycles. The lowest BCUT2D eigenvalue weighted by Crippen LogP contribution is -2.35. The molecule has 1 aromatic heterocycles. The van der Waals surface area contributed by atoms with Crippen molar-refractivity contribution >= 4 is 23.1 Å². The Morgan fingerprint density at radius 1 is 0.931 bits per heavy atom. The molecule has 1 heterocycles. The summed E-state index contributed by atoms with van der Waals surface area (Å²) in [5.41, 5.74) is 13.3. The molecule has 5 nitrogen and oxygen atoms in total. The van der Waals surface area contributed by atoms with Crippen molar-refractivity contribution in [2.24, 2.45) is 0 Å². The maximum absolute atomic E-state index is 12.8. The predicted octanol–water partition coefficient (Wildman–Crippen LogP) is 3.79. The Morgan fingerprint density at radius 2 is 1.69 bits per heavy atom. The van der Waals surface area contributed by atoms with Crippen molar-refractivity contribution in [2.75, 3.05) is 11.1 Å². The zero-order chi connectivity index (χ0) is 19.8. The molecule has 1 amide bonds. The van der Waals surface area contributed by atoms with Gasteiger partial charge in [-0.15, -0.1) is 0 Å². The first kappa shape index (κ1) is 17.7. The quantitative estimate of drug-likeness (QED) is 0.639. The molecule has 5 rings (SSSR count). The van der Waals surface area contributed by atoms with Crippen LogP contribution in [0.3, 0.4) is 0 Å². The minimum Gasteiger partial charge on any atom is -0.399 e. The van der Waals surface area contributed by atoms with E-state index in [-0.39, 0.29) is 11.9 Å². The van der Waals surface area contributed by atoms with Crippen LogP contribution >= 0.6 is 0 Å². The average Bonchev–Trinajstić information content (AvgIpc) is 3.33. The molecule has 0 unspecified atom stereocenters. The summed E-state index contributed by atoms with van der Waals surface area (Å²) in [4.78, 5) is 17.3. The normalized spacial score (nSPS) is 15.0. The van der Waals surface area contributed by atoms with Gasteiger partial charge in [0.1, 0.15) is 11.5 Å². The molecule has 3 aromatic rings. The van der Waals surface area contributed by atoms with E-state index in [0.29, 0.717) is 17.2 Å². The van der Waals surface area contributed by atoms with E-state index in [4.69, 9.17) is 5.73 Å². The monoisotopic (exact) mass is 384 g/mol. The van der Waals surface area contributed by atoms with Gasteiger partial charge < -0.3 is 16.4 Å². The number of carbonyl (C=O) groups is 1. The number of benzene rings is 2. The van der Waals surface area contributed by atoms with Crippen molar-refractivity contribution in [3.8, 4) is 0 Å². The number of anilines is 3. The lowest BCUT2D eigenvalue weighted by atomic mass is 10.1. The Morgan fingerprint density at radius 3 is 2.48 bits per heavy atom. The molecule has 146 valence electrons. The number of hydrogen-bond donors (Lipinski definition) is 3. The predicted molar refractivity (Wildman–Crippen MR) is 116 cm³/mol. The fourth-order valence-corrected chi connectivity index (χ4v) is 4.45. The maximum atomic E-state index is 12.8. The second kappa shape index (κ2) is 7.24. The number of carbonyl (C=O) groups excluding carboxylic acids is 1. The van der Waals surface area contributed by atoms with Gasteiger partial charge in [0.2, 0.25) is 0 Å².